The molecule has 0 aromatic carbocycles. The molecule has 96 valence electrons. The van der Waals surface area contributed by atoms with E-state index in [9.17, 15) is 0 Å². The predicted octanol–water partition coefficient (Wildman–Crippen LogP) is 1.97. The van der Waals surface area contributed by atoms with Gasteiger partial charge in [-0.3, -0.25) is 0 Å². The van der Waals surface area contributed by atoms with Crippen LogP contribution in [0, 0.1) is 6.92 Å². The summed E-state index contributed by atoms with van der Waals surface area (Å²) in [5, 5.41) is 3.32. The monoisotopic (exact) mass is 255 g/mol. The molecule has 4 N–H and O–H groups in total. The highest BCUT2D eigenvalue weighted by Gasteiger charge is 2.11. The predicted molar refractivity (Wildman–Crippen MR) is 75.5 cm³/mol. The number of hydrogen-bond donors (Lipinski definition) is 3. The van der Waals surface area contributed by atoms with Crippen LogP contribution in [0.4, 0.5) is 11.6 Å². The number of rotatable bonds is 6. The highest BCUT2D eigenvalue weighted by atomic mass is 32.2. The topological polar surface area (TPSA) is 75.9 Å². The summed E-state index contributed by atoms with van der Waals surface area (Å²) in [5.74, 6) is 9.16. The minimum atomic E-state index is 0.281. The number of nitrogens with zero attached hydrogens (tertiary/aromatic N) is 2. The average Bonchev–Trinajstić information content (AvgIpc) is 2.31. The van der Waals surface area contributed by atoms with Crippen LogP contribution < -0.4 is 16.6 Å². The molecule has 0 spiro atoms. The van der Waals surface area contributed by atoms with Gasteiger partial charge < -0.3 is 10.7 Å². The van der Waals surface area contributed by atoms with Gasteiger partial charge in [-0.25, -0.2) is 15.8 Å². The molecule has 1 rings (SSSR count). The van der Waals surface area contributed by atoms with Gasteiger partial charge in [0.05, 0.1) is 0 Å². The smallest absolute Gasteiger partial charge is 0.148 e. The summed E-state index contributed by atoms with van der Waals surface area (Å²) in [6, 6.07) is 0. The molecule has 0 atom stereocenters. The maximum absolute atomic E-state index is 5.47. The summed E-state index contributed by atoms with van der Waals surface area (Å²) in [5.41, 5.74) is 3.58. The molecular formula is C11H21N5S. The van der Waals surface area contributed by atoms with Crippen molar-refractivity contribution in [2.75, 3.05) is 29.3 Å². The highest BCUT2D eigenvalue weighted by molar-refractivity contribution is 7.98. The Kier molecular flexibility index (Phi) is 5.50. The lowest BCUT2D eigenvalue weighted by Gasteiger charge is -2.14. The van der Waals surface area contributed by atoms with Gasteiger partial charge in [-0.15, -0.1) is 0 Å². The van der Waals surface area contributed by atoms with Crippen LogP contribution >= 0.6 is 11.8 Å². The van der Waals surface area contributed by atoms with E-state index in [4.69, 9.17) is 5.84 Å². The zero-order chi connectivity index (χ0) is 12.8. The standard InChI is InChI=1S/C11H21N5S/c1-7(2)9-14-10(13-5-6-17-4)8(3)11(15-9)16-12/h7H,5-6,12H2,1-4H3,(H2,13,14,15,16). The molecule has 0 amide bonds. The van der Waals surface area contributed by atoms with Crippen molar-refractivity contribution in [1.82, 2.24) is 9.97 Å². The summed E-state index contributed by atoms with van der Waals surface area (Å²) in [4.78, 5) is 8.91. The maximum atomic E-state index is 5.47. The number of nitrogens with two attached hydrogens (primary N) is 1. The molecule has 0 saturated carbocycles. The van der Waals surface area contributed by atoms with E-state index < -0.39 is 0 Å². The van der Waals surface area contributed by atoms with E-state index in [0.717, 1.165) is 29.5 Å². The average molecular weight is 255 g/mol. The van der Waals surface area contributed by atoms with E-state index in [1.54, 1.807) is 11.8 Å². The first kappa shape index (κ1) is 14.1. The molecule has 1 aromatic rings. The van der Waals surface area contributed by atoms with Crippen molar-refractivity contribution in [3.63, 3.8) is 0 Å². The number of nitrogen functional groups attached to an aromatic ring is 1. The zero-order valence-electron chi connectivity index (χ0n) is 10.9. The summed E-state index contributed by atoms with van der Waals surface area (Å²) in [7, 11) is 0. The highest BCUT2D eigenvalue weighted by Crippen LogP contribution is 2.22. The van der Waals surface area contributed by atoms with E-state index in [0.29, 0.717) is 5.82 Å². The Hall–Kier alpha value is -1.01. The summed E-state index contributed by atoms with van der Waals surface area (Å²) in [6.45, 7) is 6.98. The number of thioether (sulfide) groups is 1. The quantitative estimate of drug-likeness (QED) is 0.410. The minimum Gasteiger partial charge on any atom is -0.369 e. The first-order chi connectivity index (χ1) is 8.10. The van der Waals surface area contributed by atoms with Gasteiger partial charge in [-0.2, -0.15) is 11.8 Å². The van der Waals surface area contributed by atoms with Crippen molar-refractivity contribution in [2.24, 2.45) is 5.84 Å². The number of hydrogen-bond acceptors (Lipinski definition) is 6. The van der Waals surface area contributed by atoms with Crippen LogP contribution in [0.1, 0.15) is 31.2 Å². The number of nitrogens with one attached hydrogen (secondary N) is 2. The van der Waals surface area contributed by atoms with E-state index in [1.807, 2.05) is 6.92 Å². The fraction of sp³-hybridized carbons (Fsp3) is 0.636. The normalized spacial score (nSPS) is 10.7. The van der Waals surface area contributed by atoms with E-state index in [1.165, 1.54) is 0 Å². The molecule has 0 bridgehead atoms. The molecule has 5 nitrogen and oxygen atoms in total. The molecule has 1 heterocycles. The Morgan fingerprint density at radius 1 is 1.29 bits per heavy atom. The molecule has 0 aliphatic heterocycles. The molecule has 1 aromatic heterocycles. The molecule has 17 heavy (non-hydrogen) atoms. The second-order valence-corrected chi connectivity index (χ2v) is 5.11. The van der Waals surface area contributed by atoms with Gasteiger partial charge in [-0.1, -0.05) is 13.8 Å². The molecule has 0 aliphatic carbocycles. The minimum absolute atomic E-state index is 0.281. The maximum Gasteiger partial charge on any atom is 0.148 e. The van der Waals surface area contributed by atoms with Crippen LogP contribution in [-0.2, 0) is 0 Å². The van der Waals surface area contributed by atoms with Crippen LogP contribution in [0.15, 0.2) is 0 Å². The summed E-state index contributed by atoms with van der Waals surface area (Å²) in [6.07, 6.45) is 2.08. The number of anilines is 2. The fourth-order valence-electron chi connectivity index (χ4n) is 1.38. The first-order valence-corrected chi connectivity index (χ1v) is 7.07. The van der Waals surface area contributed by atoms with Gasteiger partial charge in [0.15, 0.2) is 0 Å². The van der Waals surface area contributed by atoms with Crippen LogP contribution in [0.25, 0.3) is 0 Å². The van der Waals surface area contributed by atoms with Crippen LogP contribution in [-0.4, -0.2) is 28.5 Å². The largest absolute Gasteiger partial charge is 0.369 e. The van der Waals surface area contributed by atoms with Gasteiger partial charge in [0, 0.05) is 23.8 Å². The third-order valence-electron chi connectivity index (χ3n) is 2.41. The van der Waals surface area contributed by atoms with Crippen LogP contribution in [0.2, 0.25) is 0 Å². The Balaban J connectivity index is 2.96. The van der Waals surface area contributed by atoms with Crippen molar-refractivity contribution in [3.8, 4) is 0 Å². The Labute approximate surface area is 107 Å². The number of hydrazine groups is 1. The van der Waals surface area contributed by atoms with Crippen molar-refractivity contribution >= 4 is 23.4 Å². The second-order valence-electron chi connectivity index (χ2n) is 4.12. The van der Waals surface area contributed by atoms with Gasteiger partial charge >= 0.3 is 0 Å². The molecule has 0 unspecified atom stereocenters. The van der Waals surface area contributed by atoms with Gasteiger partial charge in [0.25, 0.3) is 0 Å². The lowest BCUT2D eigenvalue weighted by molar-refractivity contribution is 0.773. The van der Waals surface area contributed by atoms with Crippen molar-refractivity contribution in [2.45, 2.75) is 26.7 Å². The van der Waals surface area contributed by atoms with Crippen molar-refractivity contribution in [3.05, 3.63) is 11.4 Å². The van der Waals surface area contributed by atoms with Gasteiger partial charge in [-0.05, 0) is 13.2 Å². The molecule has 6 heteroatoms. The van der Waals surface area contributed by atoms with Crippen molar-refractivity contribution in [1.29, 1.82) is 0 Å². The molecule has 0 radical (unpaired) electrons. The Morgan fingerprint density at radius 2 is 1.94 bits per heavy atom. The van der Waals surface area contributed by atoms with E-state index in [-0.39, 0.29) is 5.92 Å². The van der Waals surface area contributed by atoms with Crippen molar-refractivity contribution < 1.29 is 0 Å². The lowest BCUT2D eigenvalue weighted by Crippen LogP contribution is -2.16. The number of aromatic nitrogens is 2. The molecule has 0 aliphatic rings. The summed E-state index contributed by atoms with van der Waals surface area (Å²) >= 11 is 1.80. The SMILES string of the molecule is CSCCNc1nc(C(C)C)nc(NN)c1C. The van der Waals surface area contributed by atoms with Gasteiger partial charge in [0.2, 0.25) is 0 Å². The molecule has 0 saturated heterocycles. The third kappa shape index (κ3) is 3.74. The van der Waals surface area contributed by atoms with Crippen LogP contribution in [0.5, 0.6) is 0 Å². The molecular weight excluding hydrogens is 234 g/mol. The lowest BCUT2D eigenvalue weighted by atomic mass is 10.2. The zero-order valence-corrected chi connectivity index (χ0v) is 11.7. The Morgan fingerprint density at radius 3 is 2.47 bits per heavy atom. The van der Waals surface area contributed by atoms with E-state index >= 15 is 0 Å². The second kappa shape index (κ2) is 6.66. The Bertz CT molecular complexity index is 367. The first-order valence-electron chi connectivity index (χ1n) is 5.68. The van der Waals surface area contributed by atoms with Crippen LogP contribution in [0.3, 0.4) is 0 Å². The summed E-state index contributed by atoms with van der Waals surface area (Å²) < 4.78 is 0. The third-order valence-corrected chi connectivity index (χ3v) is 3.03. The fourth-order valence-corrected chi connectivity index (χ4v) is 1.68. The molecule has 0 fully saturated rings. The van der Waals surface area contributed by atoms with E-state index in [2.05, 4.69) is 40.8 Å². The van der Waals surface area contributed by atoms with Gasteiger partial charge in [0.1, 0.15) is 17.5 Å².